The van der Waals surface area contributed by atoms with Crippen molar-refractivity contribution < 1.29 is 28.5 Å². The zero-order chi connectivity index (χ0) is 11.4. The third kappa shape index (κ3) is 2.79. The van der Waals surface area contributed by atoms with Crippen LogP contribution in [0.2, 0.25) is 0 Å². The van der Waals surface area contributed by atoms with E-state index in [1.54, 1.807) is 0 Å². The predicted octanol–water partition coefficient (Wildman–Crippen LogP) is 0.841. The van der Waals surface area contributed by atoms with Crippen molar-refractivity contribution in [2.45, 2.75) is 25.0 Å². The number of cyclic esters (lactones) is 4. The summed E-state index contributed by atoms with van der Waals surface area (Å²) in [5.74, 6) is 5.47. The fraction of sp³-hybridized carbons (Fsp3) is 0.600. The maximum absolute atomic E-state index is 10.8. The van der Waals surface area contributed by atoms with Crippen LogP contribution < -0.4 is 0 Å². The van der Waals surface area contributed by atoms with Gasteiger partial charge in [0, 0.05) is 12.8 Å². The molecule has 0 spiro atoms. The van der Waals surface area contributed by atoms with Crippen molar-refractivity contribution in [1.29, 1.82) is 0 Å². The topological polar surface area (TPSA) is 71.1 Å². The van der Waals surface area contributed by atoms with Gasteiger partial charge in [-0.2, -0.15) is 0 Å². The van der Waals surface area contributed by atoms with E-state index in [2.05, 4.69) is 21.3 Å². The Labute approximate surface area is 91.8 Å². The monoisotopic (exact) mass is 226 g/mol. The standard InChI is InChI=1S/C10H10O6/c11-9-13-5-3-7(15-9)1-2-8-4-6-14-10(12)16-8/h7-8H,3-6H2. The molecule has 2 aliphatic heterocycles. The van der Waals surface area contributed by atoms with Crippen molar-refractivity contribution in [3.05, 3.63) is 0 Å². The van der Waals surface area contributed by atoms with Crippen molar-refractivity contribution >= 4 is 12.3 Å². The summed E-state index contributed by atoms with van der Waals surface area (Å²) in [4.78, 5) is 21.5. The molecule has 6 nitrogen and oxygen atoms in total. The molecular formula is C10H10O6. The summed E-state index contributed by atoms with van der Waals surface area (Å²) in [6.07, 6.45) is -1.35. The Morgan fingerprint density at radius 1 is 0.875 bits per heavy atom. The van der Waals surface area contributed by atoms with E-state index in [9.17, 15) is 9.59 Å². The van der Waals surface area contributed by atoms with Gasteiger partial charge in [-0.1, -0.05) is 11.8 Å². The van der Waals surface area contributed by atoms with Gasteiger partial charge >= 0.3 is 12.3 Å². The molecule has 0 radical (unpaired) electrons. The van der Waals surface area contributed by atoms with Gasteiger partial charge in [-0.25, -0.2) is 9.59 Å². The van der Waals surface area contributed by atoms with Gasteiger partial charge in [0.1, 0.15) is 0 Å². The molecule has 6 heteroatoms. The maximum atomic E-state index is 10.8. The molecule has 0 N–H and O–H groups in total. The normalized spacial score (nSPS) is 28.8. The summed E-state index contributed by atoms with van der Waals surface area (Å²) in [6, 6.07) is 0. The summed E-state index contributed by atoms with van der Waals surface area (Å²) >= 11 is 0. The predicted molar refractivity (Wildman–Crippen MR) is 49.5 cm³/mol. The van der Waals surface area contributed by atoms with Gasteiger partial charge in [0.15, 0.2) is 12.2 Å². The first-order valence-corrected chi connectivity index (χ1v) is 4.92. The number of hydrogen-bond acceptors (Lipinski definition) is 6. The third-order valence-corrected chi connectivity index (χ3v) is 2.08. The smallest absolute Gasteiger partial charge is 0.434 e. The highest BCUT2D eigenvalue weighted by Crippen LogP contribution is 2.10. The molecular weight excluding hydrogens is 216 g/mol. The van der Waals surface area contributed by atoms with E-state index in [1.165, 1.54) is 0 Å². The number of carbonyl (C=O) groups is 2. The molecule has 0 amide bonds. The van der Waals surface area contributed by atoms with Gasteiger partial charge in [0.05, 0.1) is 13.2 Å². The fourth-order valence-electron chi connectivity index (χ4n) is 1.31. The van der Waals surface area contributed by atoms with Crippen molar-refractivity contribution in [1.82, 2.24) is 0 Å². The quantitative estimate of drug-likeness (QED) is 0.450. The van der Waals surface area contributed by atoms with E-state index in [1.807, 2.05) is 0 Å². The summed E-state index contributed by atoms with van der Waals surface area (Å²) < 4.78 is 18.8. The molecule has 0 aromatic carbocycles. The summed E-state index contributed by atoms with van der Waals surface area (Å²) in [5, 5.41) is 0. The van der Waals surface area contributed by atoms with Crippen molar-refractivity contribution in [2.24, 2.45) is 0 Å². The largest absolute Gasteiger partial charge is 0.509 e. The van der Waals surface area contributed by atoms with E-state index in [-0.39, 0.29) is 0 Å². The average molecular weight is 226 g/mol. The highest BCUT2D eigenvalue weighted by Gasteiger charge is 2.22. The molecule has 2 atom stereocenters. The summed E-state index contributed by atoms with van der Waals surface area (Å²) in [7, 11) is 0. The van der Waals surface area contributed by atoms with Gasteiger partial charge in [-0.3, -0.25) is 0 Å². The molecule has 16 heavy (non-hydrogen) atoms. The van der Waals surface area contributed by atoms with Crippen LogP contribution in [0.4, 0.5) is 9.59 Å². The highest BCUT2D eigenvalue weighted by atomic mass is 16.7. The minimum Gasteiger partial charge on any atom is -0.434 e. The zero-order valence-electron chi connectivity index (χ0n) is 8.43. The van der Waals surface area contributed by atoms with Crippen LogP contribution in [-0.4, -0.2) is 37.7 Å². The Hall–Kier alpha value is -1.90. The maximum Gasteiger partial charge on any atom is 0.509 e. The van der Waals surface area contributed by atoms with Gasteiger partial charge < -0.3 is 18.9 Å². The molecule has 0 aromatic heterocycles. The Kier molecular flexibility index (Phi) is 3.15. The highest BCUT2D eigenvalue weighted by molar-refractivity contribution is 5.62. The second-order valence-electron chi connectivity index (χ2n) is 3.28. The lowest BCUT2D eigenvalue weighted by atomic mass is 10.2. The molecule has 0 aromatic rings. The minimum absolute atomic E-state index is 0.297. The molecule has 0 aliphatic carbocycles. The van der Waals surface area contributed by atoms with Crippen molar-refractivity contribution in [3.8, 4) is 11.8 Å². The van der Waals surface area contributed by atoms with Crippen LogP contribution in [0.15, 0.2) is 0 Å². The Morgan fingerprint density at radius 2 is 1.31 bits per heavy atom. The lowest BCUT2D eigenvalue weighted by Gasteiger charge is -2.19. The molecule has 2 saturated heterocycles. The lowest BCUT2D eigenvalue weighted by Crippen LogP contribution is -2.28. The second kappa shape index (κ2) is 4.75. The van der Waals surface area contributed by atoms with Crippen molar-refractivity contribution in [3.63, 3.8) is 0 Å². The van der Waals surface area contributed by atoms with Crippen LogP contribution in [-0.2, 0) is 18.9 Å². The Bertz CT molecular complexity index is 320. The molecule has 2 unspecified atom stereocenters. The molecule has 2 heterocycles. The van der Waals surface area contributed by atoms with Crippen LogP contribution in [0.5, 0.6) is 0 Å². The number of carbonyl (C=O) groups excluding carboxylic acids is 2. The Balaban J connectivity index is 1.88. The molecule has 2 aliphatic rings. The van der Waals surface area contributed by atoms with E-state index in [0.29, 0.717) is 26.1 Å². The minimum atomic E-state index is -0.713. The molecule has 0 saturated carbocycles. The van der Waals surface area contributed by atoms with Crippen LogP contribution in [0.25, 0.3) is 0 Å². The number of rotatable bonds is 0. The van der Waals surface area contributed by atoms with Crippen molar-refractivity contribution in [2.75, 3.05) is 13.2 Å². The molecule has 2 fully saturated rings. The first kappa shape index (κ1) is 10.6. The van der Waals surface area contributed by atoms with Crippen LogP contribution in [0, 0.1) is 11.8 Å². The average Bonchev–Trinajstić information content (AvgIpc) is 2.27. The van der Waals surface area contributed by atoms with Gasteiger partial charge in [-0.05, 0) is 0 Å². The number of hydrogen-bond donors (Lipinski definition) is 0. The van der Waals surface area contributed by atoms with Crippen LogP contribution in [0.3, 0.4) is 0 Å². The van der Waals surface area contributed by atoms with Crippen LogP contribution in [0.1, 0.15) is 12.8 Å². The molecule has 0 bridgehead atoms. The van der Waals surface area contributed by atoms with Gasteiger partial charge in [0.25, 0.3) is 0 Å². The summed E-state index contributed by atoms with van der Waals surface area (Å²) in [5.41, 5.74) is 0. The zero-order valence-corrected chi connectivity index (χ0v) is 8.43. The summed E-state index contributed by atoms with van der Waals surface area (Å²) in [6.45, 7) is 0.595. The van der Waals surface area contributed by atoms with Gasteiger partial charge in [-0.15, -0.1) is 0 Å². The molecule has 2 rings (SSSR count). The first-order valence-electron chi connectivity index (χ1n) is 4.92. The van der Waals surface area contributed by atoms with Crippen LogP contribution >= 0.6 is 0 Å². The Morgan fingerprint density at radius 3 is 1.69 bits per heavy atom. The van der Waals surface area contributed by atoms with E-state index in [0.717, 1.165) is 0 Å². The number of ether oxygens (including phenoxy) is 4. The third-order valence-electron chi connectivity index (χ3n) is 2.08. The van der Waals surface area contributed by atoms with E-state index >= 15 is 0 Å². The van der Waals surface area contributed by atoms with Gasteiger partial charge in [0.2, 0.25) is 0 Å². The first-order chi connectivity index (χ1) is 7.74. The lowest BCUT2D eigenvalue weighted by molar-refractivity contribution is -0.00689. The second-order valence-corrected chi connectivity index (χ2v) is 3.28. The van der Waals surface area contributed by atoms with E-state index < -0.39 is 24.5 Å². The molecule has 86 valence electrons. The SMILES string of the molecule is O=C1OCCC(C#CC2CCOC(=O)O2)O1. The van der Waals surface area contributed by atoms with E-state index in [4.69, 9.17) is 9.47 Å². The fourth-order valence-corrected chi connectivity index (χ4v) is 1.31.